The molecule has 204 valence electrons. The third kappa shape index (κ3) is 5.63. The number of hydrogen-bond donors (Lipinski definition) is 4. The van der Waals surface area contributed by atoms with Crippen molar-refractivity contribution < 1.29 is 34.4 Å². The van der Waals surface area contributed by atoms with Crippen molar-refractivity contribution in [3.05, 3.63) is 34.9 Å². The van der Waals surface area contributed by atoms with Gasteiger partial charge in [-0.05, 0) is 49.0 Å². The Balaban J connectivity index is 1.77. The van der Waals surface area contributed by atoms with E-state index in [-0.39, 0.29) is 31.6 Å². The van der Waals surface area contributed by atoms with Crippen LogP contribution in [-0.4, -0.2) is 77.1 Å². The van der Waals surface area contributed by atoms with Gasteiger partial charge in [-0.15, -0.1) is 0 Å². The number of rotatable bonds is 10. The summed E-state index contributed by atoms with van der Waals surface area (Å²) in [6.45, 7) is 2.13. The van der Waals surface area contributed by atoms with Crippen molar-refractivity contribution in [2.24, 2.45) is 5.92 Å². The molecule has 4 N–H and O–H groups in total. The number of fused-ring (bicyclic) bond motifs is 3. The smallest absolute Gasteiger partial charge is 0.247 e. The van der Waals surface area contributed by atoms with E-state index in [0.29, 0.717) is 53.5 Å². The van der Waals surface area contributed by atoms with Gasteiger partial charge in [0.2, 0.25) is 11.8 Å². The first-order chi connectivity index (χ1) is 17.9. The summed E-state index contributed by atoms with van der Waals surface area (Å²) in [5, 5.41) is 33.5. The number of aliphatic hydroxyl groups excluding tert-OH is 3. The third-order valence-electron chi connectivity index (χ3n) is 7.82. The molecular weight excluding hydrogens is 476 g/mol. The van der Waals surface area contributed by atoms with Crippen LogP contribution in [0.5, 0.6) is 11.5 Å². The van der Waals surface area contributed by atoms with Crippen LogP contribution >= 0.6 is 0 Å². The lowest BCUT2D eigenvalue weighted by Gasteiger charge is -2.42. The van der Waals surface area contributed by atoms with Crippen molar-refractivity contribution >= 4 is 11.8 Å². The van der Waals surface area contributed by atoms with E-state index in [4.69, 9.17) is 9.47 Å². The molecule has 0 aromatic heterocycles. The lowest BCUT2D eigenvalue weighted by molar-refractivity contribution is -0.138. The van der Waals surface area contributed by atoms with Crippen LogP contribution in [0.15, 0.2) is 23.8 Å². The normalized spacial score (nSPS) is 24.9. The first kappa shape index (κ1) is 27.4. The minimum Gasteiger partial charge on any atom is -0.493 e. The first-order valence-corrected chi connectivity index (χ1v) is 13.5. The molecule has 37 heavy (non-hydrogen) atoms. The van der Waals surface area contributed by atoms with Gasteiger partial charge in [-0.25, -0.2) is 0 Å². The molecule has 3 aliphatic rings. The molecule has 1 fully saturated rings. The Morgan fingerprint density at radius 2 is 1.95 bits per heavy atom. The second-order valence-electron chi connectivity index (χ2n) is 10.3. The molecular formula is C28H40N2O7. The number of carbonyl (C=O) groups is 2. The third-order valence-corrected chi connectivity index (χ3v) is 7.82. The zero-order valence-corrected chi connectivity index (χ0v) is 21.8. The maximum atomic E-state index is 13.4. The highest BCUT2D eigenvalue weighted by Gasteiger charge is 2.51. The number of ether oxygens (including phenoxy) is 2. The molecule has 1 aromatic rings. The van der Waals surface area contributed by atoms with E-state index in [2.05, 4.69) is 5.32 Å². The summed E-state index contributed by atoms with van der Waals surface area (Å²) in [6, 6.07) is 2.72. The molecule has 0 radical (unpaired) electrons. The number of benzene rings is 1. The van der Waals surface area contributed by atoms with E-state index in [0.717, 1.165) is 25.7 Å². The Kier molecular flexibility index (Phi) is 9.10. The van der Waals surface area contributed by atoms with E-state index >= 15 is 0 Å². The maximum Gasteiger partial charge on any atom is 0.247 e. The molecule has 2 aliphatic carbocycles. The summed E-state index contributed by atoms with van der Waals surface area (Å²) < 4.78 is 11.8. The van der Waals surface area contributed by atoms with E-state index < -0.39 is 24.2 Å². The molecule has 4 rings (SSSR count). The van der Waals surface area contributed by atoms with Crippen LogP contribution < -0.4 is 14.8 Å². The predicted octanol–water partition coefficient (Wildman–Crippen LogP) is 2.02. The molecule has 0 bridgehead atoms. The average molecular weight is 517 g/mol. The van der Waals surface area contributed by atoms with Crippen LogP contribution in [0.3, 0.4) is 0 Å². The average Bonchev–Trinajstić information content (AvgIpc) is 3.31. The number of amides is 2. The first-order valence-electron chi connectivity index (χ1n) is 13.5. The predicted molar refractivity (Wildman–Crippen MR) is 137 cm³/mol. The standard InChI is InChI=1S/C28H40N2O7/c1-3-7-23(33)30(15-17-8-5-4-6-9-17)21-14-20(28(35)29-10-11-31)24-19-12-18(16-32)13-22(36-2)26(19)37-27(24)25(21)34/h12-14,17,21,24-25,27,31-32,34H,3-11,15-16H2,1-2H3,(H,29,35)/t21-,24+,25+,27+/m1/s1. The van der Waals surface area contributed by atoms with Crippen molar-refractivity contribution in [3.63, 3.8) is 0 Å². The van der Waals surface area contributed by atoms with E-state index in [1.807, 2.05) is 6.92 Å². The molecule has 1 heterocycles. The monoisotopic (exact) mass is 516 g/mol. The minimum atomic E-state index is -1.07. The molecule has 9 nitrogen and oxygen atoms in total. The van der Waals surface area contributed by atoms with Crippen molar-refractivity contribution in [1.82, 2.24) is 10.2 Å². The quantitative estimate of drug-likeness (QED) is 0.375. The Hall–Kier alpha value is -2.62. The number of nitrogens with one attached hydrogen (secondary N) is 1. The molecule has 1 aliphatic heterocycles. The van der Waals surface area contributed by atoms with Crippen LogP contribution in [0.1, 0.15) is 68.9 Å². The van der Waals surface area contributed by atoms with Crippen molar-refractivity contribution in [3.8, 4) is 11.5 Å². The van der Waals surface area contributed by atoms with E-state index in [1.54, 1.807) is 23.1 Å². The fraction of sp³-hybridized carbons (Fsp3) is 0.643. The summed E-state index contributed by atoms with van der Waals surface area (Å²) >= 11 is 0. The Labute approximate surface area is 218 Å². The number of hydrogen-bond acceptors (Lipinski definition) is 7. The summed E-state index contributed by atoms with van der Waals surface area (Å²) in [5.74, 6) is 0.153. The molecule has 4 atom stereocenters. The van der Waals surface area contributed by atoms with Crippen LogP contribution in [0, 0.1) is 5.92 Å². The van der Waals surface area contributed by atoms with Gasteiger partial charge in [0, 0.05) is 30.6 Å². The highest BCUT2D eigenvalue weighted by Crippen LogP contribution is 2.51. The maximum absolute atomic E-state index is 13.4. The topological polar surface area (TPSA) is 129 Å². The second kappa shape index (κ2) is 12.3. The van der Waals surface area contributed by atoms with Gasteiger partial charge >= 0.3 is 0 Å². The van der Waals surface area contributed by atoms with Gasteiger partial charge in [0.25, 0.3) is 0 Å². The second-order valence-corrected chi connectivity index (χ2v) is 10.3. The summed E-state index contributed by atoms with van der Waals surface area (Å²) in [4.78, 5) is 28.5. The molecule has 2 amide bonds. The molecule has 1 saturated carbocycles. The van der Waals surface area contributed by atoms with Gasteiger partial charge in [-0.3, -0.25) is 9.59 Å². The minimum absolute atomic E-state index is 0.0439. The summed E-state index contributed by atoms with van der Waals surface area (Å²) in [6.07, 6.45) is 6.43. The van der Waals surface area contributed by atoms with Gasteiger partial charge in [0.15, 0.2) is 11.5 Å². The molecule has 9 heteroatoms. The molecule has 0 spiro atoms. The van der Waals surface area contributed by atoms with Gasteiger partial charge in [0.05, 0.1) is 32.3 Å². The fourth-order valence-corrected chi connectivity index (χ4v) is 6.01. The highest BCUT2D eigenvalue weighted by molar-refractivity contribution is 5.96. The SMILES string of the molecule is CCCC(=O)N(CC1CCCCC1)[C@@H]1C=C(C(=O)NCCO)[C@@H]2c3cc(CO)cc(OC)c3O[C@@H]2[C@H]1O. The number of carbonyl (C=O) groups excluding carboxylic acids is 2. The van der Waals surface area contributed by atoms with E-state index in [9.17, 15) is 24.9 Å². The zero-order chi connectivity index (χ0) is 26.5. The van der Waals surface area contributed by atoms with Gasteiger partial charge < -0.3 is 35.0 Å². The fourth-order valence-electron chi connectivity index (χ4n) is 6.01. The van der Waals surface area contributed by atoms with Gasteiger partial charge in [-0.2, -0.15) is 0 Å². The van der Waals surface area contributed by atoms with E-state index in [1.165, 1.54) is 13.5 Å². The van der Waals surface area contributed by atoms with Crippen molar-refractivity contribution in [1.29, 1.82) is 0 Å². The summed E-state index contributed by atoms with van der Waals surface area (Å²) in [7, 11) is 1.50. The van der Waals surface area contributed by atoms with Crippen LogP contribution in [-0.2, 0) is 16.2 Å². The van der Waals surface area contributed by atoms with Crippen LogP contribution in [0.2, 0.25) is 0 Å². The van der Waals surface area contributed by atoms with Crippen molar-refractivity contribution in [2.75, 3.05) is 26.8 Å². The zero-order valence-electron chi connectivity index (χ0n) is 21.8. The van der Waals surface area contributed by atoms with Crippen LogP contribution in [0.4, 0.5) is 0 Å². The molecule has 0 unspecified atom stereocenters. The largest absolute Gasteiger partial charge is 0.493 e. The number of aliphatic hydroxyl groups is 3. The summed E-state index contributed by atoms with van der Waals surface area (Å²) in [5.41, 5.74) is 1.63. The van der Waals surface area contributed by atoms with Crippen LogP contribution in [0.25, 0.3) is 0 Å². The lowest BCUT2D eigenvalue weighted by atomic mass is 9.76. The lowest BCUT2D eigenvalue weighted by Crippen LogP contribution is -2.56. The number of methoxy groups -OCH3 is 1. The Morgan fingerprint density at radius 3 is 2.59 bits per heavy atom. The van der Waals surface area contributed by atoms with Crippen molar-refractivity contribution in [2.45, 2.75) is 82.6 Å². The Morgan fingerprint density at radius 1 is 1.19 bits per heavy atom. The van der Waals surface area contributed by atoms with Gasteiger partial charge in [-0.1, -0.05) is 26.2 Å². The number of nitrogens with zero attached hydrogens (tertiary/aromatic N) is 1. The Bertz CT molecular complexity index is 1000. The highest BCUT2D eigenvalue weighted by atomic mass is 16.5. The molecule has 1 aromatic carbocycles. The molecule has 0 saturated heterocycles. The van der Waals surface area contributed by atoms with Gasteiger partial charge in [0.1, 0.15) is 12.2 Å².